The van der Waals surface area contributed by atoms with Crippen molar-refractivity contribution >= 4 is 39.3 Å². The Balaban J connectivity index is 2.01. The van der Waals surface area contributed by atoms with Gasteiger partial charge in [0.15, 0.2) is 0 Å². The highest BCUT2D eigenvalue weighted by Gasteiger charge is 2.11. The van der Waals surface area contributed by atoms with Crippen LogP contribution in [0.4, 0.5) is 5.69 Å². The molecule has 2 aromatic carbocycles. The lowest BCUT2D eigenvalue weighted by atomic mass is 10.2. The normalized spacial score (nSPS) is 9.83. The van der Waals surface area contributed by atoms with Crippen LogP contribution in [0.2, 0.25) is 0 Å². The number of halogens is 1. The van der Waals surface area contributed by atoms with Crippen LogP contribution in [-0.4, -0.2) is 17.7 Å². The summed E-state index contributed by atoms with van der Waals surface area (Å²) in [5.74, 6) is -1.16. The third-order valence-corrected chi connectivity index (χ3v) is 3.54. The molecule has 7 heteroatoms. The standard InChI is InChI=1S/C16H14BrN3O3/c1-10(21)18-12-6-4-5-11(9-12)15(22)19-20-16(23)13-7-2-3-8-14(13)17/h2-9H,1H3,(H,18,21)(H,19,22)(H,20,23). The van der Waals surface area contributed by atoms with E-state index in [1.54, 1.807) is 42.5 Å². The van der Waals surface area contributed by atoms with Crippen LogP contribution < -0.4 is 16.2 Å². The van der Waals surface area contributed by atoms with E-state index in [2.05, 4.69) is 32.1 Å². The fourth-order valence-electron chi connectivity index (χ4n) is 1.84. The molecule has 0 radical (unpaired) electrons. The van der Waals surface area contributed by atoms with E-state index in [1.807, 2.05) is 0 Å². The largest absolute Gasteiger partial charge is 0.326 e. The molecule has 0 atom stereocenters. The molecule has 0 aromatic heterocycles. The number of hydrazine groups is 1. The third-order valence-electron chi connectivity index (χ3n) is 2.85. The number of hydrogen-bond acceptors (Lipinski definition) is 3. The third kappa shape index (κ3) is 4.65. The zero-order valence-electron chi connectivity index (χ0n) is 12.2. The molecule has 0 heterocycles. The maximum absolute atomic E-state index is 12.1. The maximum atomic E-state index is 12.1. The Kier molecular flexibility index (Phi) is 5.48. The first-order chi connectivity index (χ1) is 11.0. The number of anilines is 1. The number of amides is 3. The molecule has 3 N–H and O–H groups in total. The van der Waals surface area contributed by atoms with Crippen LogP contribution >= 0.6 is 15.9 Å². The van der Waals surface area contributed by atoms with Gasteiger partial charge in [-0.1, -0.05) is 18.2 Å². The van der Waals surface area contributed by atoms with Gasteiger partial charge in [0.25, 0.3) is 11.8 Å². The molecule has 2 aromatic rings. The average Bonchev–Trinajstić information content (AvgIpc) is 2.52. The molecule has 0 fully saturated rings. The quantitative estimate of drug-likeness (QED) is 0.720. The SMILES string of the molecule is CC(=O)Nc1cccc(C(=O)NNC(=O)c2ccccc2Br)c1. The lowest BCUT2D eigenvalue weighted by Gasteiger charge is -2.09. The van der Waals surface area contributed by atoms with E-state index in [4.69, 9.17) is 0 Å². The first-order valence-corrected chi connectivity index (χ1v) is 7.49. The van der Waals surface area contributed by atoms with Crippen LogP contribution in [0.3, 0.4) is 0 Å². The van der Waals surface area contributed by atoms with E-state index in [0.717, 1.165) is 0 Å². The van der Waals surface area contributed by atoms with Crippen molar-refractivity contribution in [2.75, 3.05) is 5.32 Å². The lowest BCUT2D eigenvalue weighted by molar-refractivity contribution is -0.114. The van der Waals surface area contributed by atoms with Crippen molar-refractivity contribution in [2.24, 2.45) is 0 Å². The van der Waals surface area contributed by atoms with Crippen molar-refractivity contribution in [3.63, 3.8) is 0 Å². The summed E-state index contributed by atoms with van der Waals surface area (Å²) in [6.07, 6.45) is 0. The average molecular weight is 376 g/mol. The molecule has 0 aliphatic rings. The zero-order valence-corrected chi connectivity index (χ0v) is 13.8. The summed E-state index contributed by atoms with van der Waals surface area (Å²) >= 11 is 3.27. The Bertz CT molecular complexity index is 762. The Morgan fingerprint density at radius 1 is 0.913 bits per heavy atom. The van der Waals surface area contributed by atoms with Crippen LogP contribution in [0.1, 0.15) is 27.6 Å². The fraction of sp³-hybridized carbons (Fsp3) is 0.0625. The molecule has 0 saturated carbocycles. The summed E-state index contributed by atoms with van der Waals surface area (Å²) in [5, 5.41) is 2.59. The molecule has 23 heavy (non-hydrogen) atoms. The predicted octanol–water partition coefficient (Wildman–Crippen LogP) is 2.48. The summed E-state index contributed by atoms with van der Waals surface area (Å²) in [4.78, 5) is 35.1. The number of benzene rings is 2. The first kappa shape index (κ1) is 16.7. The van der Waals surface area contributed by atoms with Gasteiger partial charge >= 0.3 is 0 Å². The topological polar surface area (TPSA) is 87.3 Å². The van der Waals surface area contributed by atoms with Crippen LogP contribution in [0.15, 0.2) is 53.0 Å². The van der Waals surface area contributed by atoms with E-state index in [1.165, 1.54) is 13.0 Å². The molecule has 0 aliphatic carbocycles. The highest BCUT2D eigenvalue weighted by molar-refractivity contribution is 9.10. The minimum absolute atomic E-state index is 0.232. The van der Waals surface area contributed by atoms with Gasteiger partial charge in [-0.25, -0.2) is 0 Å². The van der Waals surface area contributed by atoms with Gasteiger partial charge in [-0.05, 0) is 46.3 Å². The number of carbonyl (C=O) groups is 3. The van der Waals surface area contributed by atoms with Crippen molar-refractivity contribution in [3.8, 4) is 0 Å². The van der Waals surface area contributed by atoms with Gasteiger partial charge in [-0.2, -0.15) is 0 Å². The van der Waals surface area contributed by atoms with Gasteiger partial charge in [0.1, 0.15) is 0 Å². The monoisotopic (exact) mass is 375 g/mol. The first-order valence-electron chi connectivity index (χ1n) is 6.70. The van der Waals surface area contributed by atoms with E-state index in [-0.39, 0.29) is 5.91 Å². The number of hydrogen-bond donors (Lipinski definition) is 3. The van der Waals surface area contributed by atoms with Gasteiger partial charge in [0, 0.05) is 22.6 Å². The predicted molar refractivity (Wildman–Crippen MR) is 89.8 cm³/mol. The fourth-order valence-corrected chi connectivity index (χ4v) is 2.30. The smallest absolute Gasteiger partial charge is 0.270 e. The van der Waals surface area contributed by atoms with Gasteiger partial charge in [-0.15, -0.1) is 0 Å². The van der Waals surface area contributed by atoms with Gasteiger partial charge < -0.3 is 5.32 Å². The molecule has 2 rings (SSSR count). The summed E-state index contributed by atoms with van der Waals surface area (Å²) in [6.45, 7) is 1.38. The molecule has 0 bridgehead atoms. The van der Waals surface area contributed by atoms with E-state index in [0.29, 0.717) is 21.3 Å². The molecule has 0 spiro atoms. The number of nitrogens with one attached hydrogen (secondary N) is 3. The molecule has 3 amide bonds. The summed E-state index contributed by atoms with van der Waals surface area (Å²) < 4.78 is 0.624. The molecular weight excluding hydrogens is 362 g/mol. The Morgan fingerprint density at radius 2 is 1.61 bits per heavy atom. The van der Waals surface area contributed by atoms with Crippen LogP contribution in [0, 0.1) is 0 Å². The van der Waals surface area contributed by atoms with Crippen molar-refractivity contribution in [3.05, 3.63) is 64.1 Å². The van der Waals surface area contributed by atoms with Crippen molar-refractivity contribution in [2.45, 2.75) is 6.92 Å². The van der Waals surface area contributed by atoms with Gasteiger partial charge in [0.05, 0.1) is 5.56 Å². The maximum Gasteiger partial charge on any atom is 0.270 e. The van der Waals surface area contributed by atoms with Gasteiger partial charge in [0.2, 0.25) is 5.91 Å². The second-order valence-corrected chi connectivity index (χ2v) is 5.50. The lowest BCUT2D eigenvalue weighted by Crippen LogP contribution is -2.41. The molecule has 0 aliphatic heterocycles. The minimum atomic E-state index is -0.488. The zero-order chi connectivity index (χ0) is 16.8. The Morgan fingerprint density at radius 3 is 2.30 bits per heavy atom. The second-order valence-electron chi connectivity index (χ2n) is 4.65. The number of carbonyl (C=O) groups excluding carboxylic acids is 3. The Hall–Kier alpha value is -2.67. The van der Waals surface area contributed by atoms with Crippen LogP contribution in [0.25, 0.3) is 0 Å². The van der Waals surface area contributed by atoms with Crippen molar-refractivity contribution in [1.29, 1.82) is 0 Å². The highest BCUT2D eigenvalue weighted by atomic mass is 79.9. The van der Waals surface area contributed by atoms with Crippen LogP contribution in [-0.2, 0) is 4.79 Å². The highest BCUT2D eigenvalue weighted by Crippen LogP contribution is 2.15. The molecule has 118 valence electrons. The Labute approximate surface area is 141 Å². The summed E-state index contributed by atoms with van der Waals surface area (Å²) in [7, 11) is 0. The number of rotatable bonds is 3. The summed E-state index contributed by atoms with van der Waals surface area (Å²) in [6, 6.07) is 13.3. The van der Waals surface area contributed by atoms with E-state index >= 15 is 0 Å². The molecule has 0 unspecified atom stereocenters. The van der Waals surface area contributed by atoms with Crippen molar-refractivity contribution < 1.29 is 14.4 Å². The summed E-state index contributed by atoms with van der Waals surface area (Å²) in [5.41, 5.74) is 5.89. The molecular formula is C16H14BrN3O3. The van der Waals surface area contributed by atoms with Crippen LogP contribution in [0.5, 0.6) is 0 Å². The minimum Gasteiger partial charge on any atom is -0.326 e. The second kappa shape index (κ2) is 7.55. The van der Waals surface area contributed by atoms with Gasteiger partial charge in [-0.3, -0.25) is 25.2 Å². The van der Waals surface area contributed by atoms with Crippen molar-refractivity contribution in [1.82, 2.24) is 10.9 Å². The van der Waals surface area contributed by atoms with E-state index < -0.39 is 11.8 Å². The van der Waals surface area contributed by atoms with E-state index in [9.17, 15) is 14.4 Å². The molecule has 6 nitrogen and oxygen atoms in total. The molecule has 0 saturated heterocycles.